The Balaban J connectivity index is 1.88. The molecule has 2 aromatic rings. The molecule has 1 fully saturated rings. The van der Waals surface area contributed by atoms with Crippen molar-refractivity contribution in [3.8, 4) is 10.6 Å². The van der Waals surface area contributed by atoms with Crippen LogP contribution in [0, 0.1) is 12.7 Å². The lowest BCUT2D eigenvalue weighted by atomic mass is 10.2. The van der Waals surface area contributed by atoms with Gasteiger partial charge in [0.25, 0.3) is 5.91 Å². The predicted molar refractivity (Wildman–Crippen MR) is 102 cm³/mol. The Bertz CT molecular complexity index is 925. The zero-order valence-electron chi connectivity index (χ0n) is 15.1. The van der Waals surface area contributed by atoms with E-state index < -0.39 is 9.84 Å². The van der Waals surface area contributed by atoms with E-state index >= 15 is 0 Å². The number of carbonyl (C=O) groups is 1. The Hall–Kier alpha value is -1.84. The number of hydrogen-bond acceptors (Lipinski definition) is 6. The van der Waals surface area contributed by atoms with Gasteiger partial charge in [-0.3, -0.25) is 4.79 Å². The van der Waals surface area contributed by atoms with Gasteiger partial charge in [-0.1, -0.05) is 0 Å². The fourth-order valence-electron chi connectivity index (χ4n) is 3.10. The number of carbonyl (C=O) groups excluding carboxylic acids is 1. The Morgan fingerprint density at radius 2 is 2.07 bits per heavy atom. The summed E-state index contributed by atoms with van der Waals surface area (Å²) in [5.41, 5.74) is 1.31. The smallest absolute Gasteiger partial charge is 0.266 e. The molecule has 2 heterocycles. The fraction of sp³-hybridized carbons (Fsp3) is 0.444. The van der Waals surface area contributed by atoms with Crippen molar-refractivity contribution < 1.29 is 22.3 Å². The van der Waals surface area contributed by atoms with Crippen LogP contribution in [-0.4, -0.2) is 62.0 Å². The number of aryl methyl sites for hydroxylation is 1. The highest BCUT2D eigenvalue weighted by molar-refractivity contribution is 7.91. The highest BCUT2D eigenvalue weighted by atomic mass is 32.2. The second-order valence-electron chi connectivity index (χ2n) is 6.49. The van der Waals surface area contributed by atoms with Gasteiger partial charge in [0.15, 0.2) is 9.84 Å². The molecular weight excluding hydrogens is 391 g/mol. The van der Waals surface area contributed by atoms with Crippen LogP contribution in [0.4, 0.5) is 4.39 Å². The minimum atomic E-state index is -3.12. The summed E-state index contributed by atoms with van der Waals surface area (Å²) in [5, 5.41) is 0.626. The van der Waals surface area contributed by atoms with Gasteiger partial charge in [0, 0.05) is 25.3 Å². The summed E-state index contributed by atoms with van der Waals surface area (Å²) in [6.45, 7) is 2.39. The molecule has 0 N–H and O–H groups in total. The van der Waals surface area contributed by atoms with Gasteiger partial charge >= 0.3 is 0 Å². The first-order valence-electron chi connectivity index (χ1n) is 8.54. The summed E-state index contributed by atoms with van der Waals surface area (Å²) in [4.78, 5) is 19.7. The normalized spacial score (nSPS) is 18.6. The zero-order chi connectivity index (χ0) is 19.6. The highest BCUT2D eigenvalue weighted by Gasteiger charge is 2.36. The standard InChI is InChI=1S/C18H21FN2O4S2/c1-12-16(26-17(20-12)13-3-5-14(19)6-4-13)18(22)21(8-9-25-2)15-7-10-27(23,24)11-15/h3-6,15H,7-11H2,1-2H3. The summed E-state index contributed by atoms with van der Waals surface area (Å²) in [6, 6.07) is 5.58. The summed E-state index contributed by atoms with van der Waals surface area (Å²) in [5.74, 6) is -0.503. The molecule has 1 amide bonds. The Morgan fingerprint density at radius 1 is 1.37 bits per heavy atom. The van der Waals surface area contributed by atoms with Gasteiger partial charge in [0.05, 0.1) is 23.8 Å². The molecule has 0 aliphatic carbocycles. The van der Waals surface area contributed by atoms with Crippen LogP contribution >= 0.6 is 11.3 Å². The number of sulfone groups is 1. The van der Waals surface area contributed by atoms with Crippen molar-refractivity contribution in [1.29, 1.82) is 0 Å². The van der Waals surface area contributed by atoms with Crippen LogP contribution in [-0.2, 0) is 14.6 Å². The van der Waals surface area contributed by atoms with Crippen molar-refractivity contribution in [2.75, 3.05) is 31.8 Å². The van der Waals surface area contributed by atoms with E-state index in [1.165, 1.54) is 23.5 Å². The molecule has 9 heteroatoms. The summed E-state index contributed by atoms with van der Waals surface area (Å²) in [6.07, 6.45) is 0.431. The number of nitrogens with zero attached hydrogens (tertiary/aromatic N) is 2. The van der Waals surface area contributed by atoms with Crippen molar-refractivity contribution in [3.05, 3.63) is 40.7 Å². The Kier molecular flexibility index (Phi) is 5.92. The minimum Gasteiger partial charge on any atom is -0.383 e. The number of benzene rings is 1. The summed E-state index contributed by atoms with van der Waals surface area (Å²) < 4.78 is 41.9. The maximum Gasteiger partial charge on any atom is 0.266 e. The molecule has 1 aliphatic heterocycles. The van der Waals surface area contributed by atoms with Gasteiger partial charge in [0.1, 0.15) is 15.7 Å². The maximum atomic E-state index is 13.2. The van der Waals surface area contributed by atoms with E-state index in [9.17, 15) is 17.6 Å². The van der Waals surface area contributed by atoms with E-state index in [-0.39, 0.29) is 29.3 Å². The summed E-state index contributed by atoms with van der Waals surface area (Å²) >= 11 is 1.23. The number of ether oxygens (including phenoxy) is 1. The topological polar surface area (TPSA) is 76.6 Å². The molecule has 0 spiro atoms. The highest BCUT2D eigenvalue weighted by Crippen LogP contribution is 2.30. The molecular formula is C18H21FN2O4S2. The molecule has 0 saturated carbocycles. The van der Waals surface area contributed by atoms with Gasteiger partial charge < -0.3 is 9.64 Å². The molecule has 1 atom stereocenters. The molecule has 1 aromatic heterocycles. The third kappa shape index (κ3) is 4.53. The molecule has 27 heavy (non-hydrogen) atoms. The van der Waals surface area contributed by atoms with Crippen molar-refractivity contribution >= 4 is 27.1 Å². The van der Waals surface area contributed by atoms with Crippen LogP contribution in [0.3, 0.4) is 0 Å². The van der Waals surface area contributed by atoms with Crippen molar-refractivity contribution in [2.45, 2.75) is 19.4 Å². The minimum absolute atomic E-state index is 0.0227. The monoisotopic (exact) mass is 412 g/mol. The average Bonchev–Trinajstić information content (AvgIpc) is 3.18. The van der Waals surface area contributed by atoms with Crippen molar-refractivity contribution in [1.82, 2.24) is 9.88 Å². The molecule has 1 aliphatic rings. The fourth-order valence-corrected chi connectivity index (χ4v) is 5.86. The van der Waals surface area contributed by atoms with Crippen molar-refractivity contribution in [3.63, 3.8) is 0 Å². The molecule has 146 valence electrons. The molecule has 0 radical (unpaired) electrons. The number of halogens is 1. The molecule has 1 aromatic carbocycles. The number of rotatable bonds is 6. The second kappa shape index (κ2) is 8.04. The first-order valence-corrected chi connectivity index (χ1v) is 11.2. The first kappa shape index (κ1) is 19.9. The molecule has 1 saturated heterocycles. The Morgan fingerprint density at radius 3 is 2.67 bits per heavy atom. The molecule has 6 nitrogen and oxygen atoms in total. The third-order valence-electron chi connectivity index (χ3n) is 4.53. The van der Waals surface area contributed by atoms with Gasteiger partial charge in [-0.2, -0.15) is 0 Å². The van der Waals surface area contributed by atoms with E-state index in [0.717, 1.165) is 5.56 Å². The first-order chi connectivity index (χ1) is 12.8. The van der Waals surface area contributed by atoms with E-state index in [2.05, 4.69) is 4.98 Å². The predicted octanol–water partition coefficient (Wildman–Crippen LogP) is 2.53. The lowest BCUT2D eigenvalue weighted by Gasteiger charge is -2.27. The quantitative estimate of drug-likeness (QED) is 0.729. The number of aromatic nitrogens is 1. The van der Waals surface area contributed by atoms with Crippen molar-refractivity contribution in [2.24, 2.45) is 0 Å². The number of thiazole rings is 1. The number of amides is 1. The molecule has 0 bridgehead atoms. The largest absolute Gasteiger partial charge is 0.383 e. The average molecular weight is 413 g/mol. The van der Waals surface area contributed by atoms with Gasteiger partial charge in [-0.25, -0.2) is 17.8 Å². The number of methoxy groups -OCH3 is 1. The van der Waals surface area contributed by atoms with Crippen LogP contribution in [0.2, 0.25) is 0 Å². The Labute approximate surface area is 161 Å². The lowest BCUT2D eigenvalue weighted by molar-refractivity contribution is 0.0628. The van der Waals surface area contributed by atoms with Crippen LogP contribution in [0.5, 0.6) is 0 Å². The molecule has 1 unspecified atom stereocenters. The number of hydrogen-bond donors (Lipinski definition) is 0. The maximum absolute atomic E-state index is 13.2. The molecule has 3 rings (SSSR count). The van der Waals surface area contributed by atoms with E-state index in [4.69, 9.17) is 4.74 Å². The van der Waals surface area contributed by atoms with Gasteiger partial charge in [0.2, 0.25) is 0 Å². The van der Waals surface area contributed by atoms with E-state index in [0.29, 0.717) is 35.2 Å². The van der Waals surface area contributed by atoms with Gasteiger partial charge in [-0.15, -0.1) is 11.3 Å². The third-order valence-corrected chi connectivity index (χ3v) is 7.47. The van der Waals surface area contributed by atoms with Crippen LogP contribution in [0.15, 0.2) is 24.3 Å². The van der Waals surface area contributed by atoms with Crippen LogP contribution in [0.25, 0.3) is 10.6 Å². The zero-order valence-corrected chi connectivity index (χ0v) is 16.8. The SMILES string of the molecule is COCCN(C(=O)c1sc(-c2ccc(F)cc2)nc1C)C1CCS(=O)(=O)C1. The summed E-state index contributed by atoms with van der Waals surface area (Å²) in [7, 11) is -1.58. The van der Waals surface area contributed by atoms with Crippen LogP contribution in [0.1, 0.15) is 21.8 Å². The van der Waals surface area contributed by atoms with Crippen LogP contribution < -0.4 is 0 Å². The lowest BCUT2D eigenvalue weighted by Crippen LogP contribution is -2.43. The van der Waals surface area contributed by atoms with E-state index in [1.807, 2.05) is 0 Å². The second-order valence-corrected chi connectivity index (χ2v) is 9.72. The van der Waals surface area contributed by atoms with E-state index in [1.54, 1.807) is 31.1 Å². The van der Waals surface area contributed by atoms with Gasteiger partial charge in [-0.05, 0) is 37.6 Å².